The first-order valence-electron chi connectivity index (χ1n) is 6.69. The molecule has 3 heterocycles. The van der Waals surface area contributed by atoms with E-state index in [4.69, 9.17) is 0 Å². The van der Waals surface area contributed by atoms with E-state index in [1.165, 1.54) is 12.8 Å². The summed E-state index contributed by atoms with van der Waals surface area (Å²) in [6, 6.07) is 3.02. The van der Waals surface area contributed by atoms with Gasteiger partial charge < -0.3 is 10.2 Å². The molecule has 1 amide bonds. The van der Waals surface area contributed by atoms with Crippen LogP contribution in [0.5, 0.6) is 0 Å². The second-order valence-electron chi connectivity index (χ2n) is 5.43. The third-order valence-electron chi connectivity index (χ3n) is 3.93. The summed E-state index contributed by atoms with van der Waals surface area (Å²) in [6.07, 6.45) is 6.98. The van der Waals surface area contributed by atoms with Crippen molar-refractivity contribution < 1.29 is 4.79 Å². The summed E-state index contributed by atoms with van der Waals surface area (Å²) >= 11 is 0. The highest BCUT2D eigenvalue weighted by molar-refractivity contribution is 5.94. The maximum Gasteiger partial charge on any atom is 0.255 e. The number of pyridine rings is 1. The van der Waals surface area contributed by atoms with Crippen molar-refractivity contribution in [2.75, 3.05) is 13.1 Å². The van der Waals surface area contributed by atoms with Crippen molar-refractivity contribution in [2.45, 2.75) is 38.3 Å². The number of hydrogen-bond acceptors (Lipinski definition) is 3. The van der Waals surface area contributed by atoms with Crippen LogP contribution in [0, 0.1) is 6.92 Å². The minimum Gasteiger partial charge on any atom is -0.337 e. The van der Waals surface area contributed by atoms with Gasteiger partial charge in [-0.25, -0.2) is 0 Å². The number of likely N-dealkylation sites (tertiary alicyclic amines) is 1. The van der Waals surface area contributed by atoms with Gasteiger partial charge in [0.05, 0.1) is 5.56 Å². The first-order valence-corrected chi connectivity index (χ1v) is 6.69. The van der Waals surface area contributed by atoms with Crippen LogP contribution in [0.1, 0.15) is 35.2 Å². The van der Waals surface area contributed by atoms with Gasteiger partial charge in [0.2, 0.25) is 0 Å². The number of nitrogens with zero attached hydrogens (tertiary/aromatic N) is 2. The molecule has 0 saturated carbocycles. The van der Waals surface area contributed by atoms with Crippen molar-refractivity contribution in [3.63, 3.8) is 0 Å². The predicted octanol–water partition coefficient (Wildman–Crippen LogP) is 1.36. The molecule has 2 aliphatic heterocycles. The molecule has 4 heteroatoms. The van der Waals surface area contributed by atoms with Crippen LogP contribution >= 0.6 is 0 Å². The zero-order chi connectivity index (χ0) is 12.5. The van der Waals surface area contributed by atoms with E-state index in [2.05, 4.69) is 10.3 Å². The van der Waals surface area contributed by atoms with E-state index in [1.807, 2.05) is 17.9 Å². The predicted molar refractivity (Wildman–Crippen MR) is 69.4 cm³/mol. The molecule has 0 spiro atoms. The van der Waals surface area contributed by atoms with Crippen LogP contribution < -0.4 is 5.32 Å². The van der Waals surface area contributed by atoms with Crippen LogP contribution in [0.2, 0.25) is 0 Å². The Morgan fingerprint density at radius 3 is 3.00 bits per heavy atom. The fraction of sp³-hybridized carbons (Fsp3) is 0.571. The van der Waals surface area contributed by atoms with E-state index < -0.39 is 0 Å². The summed E-state index contributed by atoms with van der Waals surface area (Å²) in [7, 11) is 0. The van der Waals surface area contributed by atoms with Crippen LogP contribution in [-0.2, 0) is 0 Å². The molecular formula is C14H19N3O. The number of aromatic nitrogens is 1. The Balaban J connectivity index is 1.76. The molecule has 0 radical (unpaired) electrons. The SMILES string of the molecule is Cc1cncc(C(=O)N2CCC3CCC(C2)N3)c1. The van der Waals surface area contributed by atoms with Crippen molar-refractivity contribution >= 4 is 5.91 Å². The first-order chi connectivity index (χ1) is 8.72. The molecule has 0 aliphatic carbocycles. The third-order valence-corrected chi connectivity index (χ3v) is 3.93. The maximum absolute atomic E-state index is 12.4. The number of aryl methyl sites for hydroxylation is 1. The van der Waals surface area contributed by atoms with Gasteiger partial charge in [-0.1, -0.05) is 0 Å². The fourth-order valence-corrected chi connectivity index (χ4v) is 2.98. The smallest absolute Gasteiger partial charge is 0.255 e. The van der Waals surface area contributed by atoms with Gasteiger partial charge in [0.15, 0.2) is 0 Å². The van der Waals surface area contributed by atoms with Crippen LogP contribution in [0.3, 0.4) is 0 Å². The van der Waals surface area contributed by atoms with Crippen molar-refractivity contribution in [3.8, 4) is 0 Å². The van der Waals surface area contributed by atoms with Gasteiger partial charge >= 0.3 is 0 Å². The minimum atomic E-state index is 0.126. The Labute approximate surface area is 107 Å². The van der Waals surface area contributed by atoms with Gasteiger partial charge in [-0.05, 0) is 37.8 Å². The summed E-state index contributed by atoms with van der Waals surface area (Å²) in [4.78, 5) is 18.5. The van der Waals surface area contributed by atoms with Gasteiger partial charge in [0.1, 0.15) is 0 Å². The summed E-state index contributed by atoms with van der Waals surface area (Å²) in [5.74, 6) is 0.126. The van der Waals surface area contributed by atoms with Crippen LogP contribution in [0.4, 0.5) is 0 Å². The Morgan fingerprint density at radius 2 is 2.17 bits per heavy atom. The van der Waals surface area contributed by atoms with Gasteiger partial charge in [-0.2, -0.15) is 0 Å². The first kappa shape index (κ1) is 11.7. The molecule has 2 atom stereocenters. The minimum absolute atomic E-state index is 0.126. The second kappa shape index (κ2) is 4.69. The normalized spacial score (nSPS) is 27.1. The molecular weight excluding hydrogens is 226 g/mol. The highest BCUT2D eigenvalue weighted by Crippen LogP contribution is 2.21. The molecule has 0 aromatic carbocycles. The molecule has 1 aromatic heterocycles. The Bertz CT molecular complexity index is 460. The molecule has 2 saturated heterocycles. The zero-order valence-electron chi connectivity index (χ0n) is 10.7. The molecule has 2 unspecified atom stereocenters. The van der Waals surface area contributed by atoms with E-state index in [-0.39, 0.29) is 5.91 Å². The molecule has 1 aromatic rings. The molecule has 3 rings (SSSR count). The lowest BCUT2D eigenvalue weighted by Gasteiger charge is -2.24. The van der Waals surface area contributed by atoms with Crippen LogP contribution in [-0.4, -0.2) is 41.0 Å². The average molecular weight is 245 g/mol. The van der Waals surface area contributed by atoms with Crippen molar-refractivity contribution in [1.29, 1.82) is 0 Å². The third kappa shape index (κ3) is 2.25. The molecule has 2 fully saturated rings. The summed E-state index contributed by atoms with van der Waals surface area (Å²) in [5.41, 5.74) is 1.75. The number of nitrogens with one attached hydrogen (secondary N) is 1. The second-order valence-corrected chi connectivity index (χ2v) is 5.43. The highest BCUT2D eigenvalue weighted by atomic mass is 16.2. The van der Waals surface area contributed by atoms with E-state index in [0.717, 1.165) is 25.1 Å². The van der Waals surface area contributed by atoms with Crippen molar-refractivity contribution in [1.82, 2.24) is 15.2 Å². The molecule has 18 heavy (non-hydrogen) atoms. The van der Waals surface area contributed by atoms with E-state index in [0.29, 0.717) is 17.6 Å². The van der Waals surface area contributed by atoms with Gasteiger partial charge in [-0.3, -0.25) is 9.78 Å². The molecule has 2 bridgehead atoms. The Morgan fingerprint density at radius 1 is 1.33 bits per heavy atom. The lowest BCUT2D eigenvalue weighted by Crippen LogP contribution is -2.39. The number of amides is 1. The Kier molecular flexibility index (Phi) is 3.04. The summed E-state index contributed by atoms with van der Waals surface area (Å²) < 4.78 is 0. The summed E-state index contributed by atoms with van der Waals surface area (Å²) in [5, 5.41) is 3.59. The number of rotatable bonds is 1. The topological polar surface area (TPSA) is 45.2 Å². The van der Waals surface area contributed by atoms with Gasteiger partial charge in [-0.15, -0.1) is 0 Å². The largest absolute Gasteiger partial charge is 0.337 e. The van der Waals surface area contributed by atoms with Gasteiger partial charge in [0.25, 0.3) is 5.91 Å². The maximum atomic E-state index is 12.4. The fourth-order valence-electron chi connectivity index (χ4n) is 2.98. The number of carbonyl (C=O) groups is 1. The van der Waals surface area contributed by atoms with Gasteiger partial charge in [0, 0.05) is 37.6 Å². The monoisotopic (exact) mass is 245 g/mol. The quantitative estimate of drug-likeness (QED) is 0.812. The lowest BCUT2D eigenvalue weighted by molar-refractivity contribution is 0.0747. The molecule has 96 valence electrons. The number of hydrogen-bond donors (Lipinski definition) is 1. The highest BCUT2D eigenvalue weighted by Gasteiger charge is 2.31. The van der Waals surface area contributed by atoms with E-state index in [9.17, 15) is 4.79 Å². The zero-order valence-corrected chi connectivity index (χ0v) is 10.7. The van der Waals surface area contributed by atoms with Crippen molar-refractivity contribution in [2.24, 2.45) is 0 Å². The lowest BCUT2D eigenvalue weighted by atomic mass is 10.1. The van der Waals surface area contributed by atoms with E-state index >= 15 is 0 Å². The number of fused-ring (bicyclic) bond motifs is 2. The average Bonchev–Trinajstić information content (AvgIpc) is 2.68. The molecule has 1 N–H and O–H groups in total. The Hall–Kier alpha value is -1.42. The standard InChI is InChI=1S/C14H19N3O/c1-10-6-11(8-15-7-10)14(18)17-5-4-12-2-3-13(9-17)16-12/h6-8,12-13,16H,2-5,9H2,1H3. The number of carbonyl (C=O) groups excluding carboxylic acids is 1. The van der Waals surface area contributed by atoms with E-state index in [1.54, 1.807) is 12.4 Å². The van der Waals surface area contributed by atoms with Crippen LogP contribution in [0.15, 0.2) is 18.5 Å². The van der Waals surface area contributed by atoms with Crippen LogP contribution in [0.25, 0.3) is 0 Å². The molecule has 2 aliphatic rings. The molecule has 4 nitrogen and oxygen atoms in total. The van der Waals surface area contributed by atoms with Crippen molar-refractivity contribution in [3.05, 3.63) is 29.6 Å². The summed E-state index contributed by atoms with van der Waals surface area (Å²) in [6.45, 7) is 3.67.